The molecule has 3 nitrogen and oxygen atoms in total. The van der Waals surface area contributed by atoms with E-state index in [1.54, 1.807) is 0 Å². The van der Waals surface area contributed by atoms with Crippen molar-refractivity contribution in [3.05, 3.63) is 63.1 Å². The summed E-state index contributed by atoms with van der Waals surface area (Å²) >= 11 is 12.8. The fourth-order valence-corrected chi connectivity index (χ4v) is 3.89. The van der Waals surface area contributed by atoms with Gasteiger partial charge in [-0.2, -0.15) is 5.10 Å². The Bertz CT molecular complexity index is 924. The van der Waals surface area contributed by atoms with Gasteiger partial charge in [0.2, 0.25) is 0 Å². The smallest absolute Gasteiger partial charge is 0.133 e. The quantitative estimate of drug-likeness (QED) is 0.662. The van der Waals surface area contributed by atoms with Gasteiger partial charge in [-0.1, -0.05) is 47.0 Å². The molecule has 0 unspecified atom stereocenters. The lowest BCUT2D eigenvalue weighted by molar-refractivity contribution is 0.874. The van der Waals surface area contributed by atoms with Crippen LogP contribution in [0.4, 0.5) is 5.82 Å². The van der Waals surface area contributed by atoms with Crippen LogP contribution >= 0.6 is 23.2 Å². The zero-order chi connectivity index (χ0) is 16.8. The van der Waals surface area contributed by atoms with Crippen LogP contribution in [-0.2, 0) is 6.42 Å². The molecule has 5 heteroatoms. The van der Waals surface area contributed by atoms with Crippen LogP contribution in [0, 0.1) is 13.8 Å². The Morgan fingerprint density at radius 3 is 2.54 bits per heavy atom. The van der Waals surface area contributed by atoms with Gasteiger partial charge >= 0.3 is 0 Å². The van der Waals surface area contributed by atoms with E-state index in [1.165, 1.54) is 16.7 Å². The van der Waals surface area contributed by atoms with Crippen LogP contribution in [0.5, 0.6) is 0 Å². The molecule has 2 aromatic carbocycles. The summed E-state index contributed by atoms with van der Waals surface area (Å²) in [5, 5.41) is 9.58. The SMILES string of the molecule is Cc1ccc(-n2nc(-c3c(Cl)cccc3Cl)c3c2NCC3)c(C)c1. The second-order valence-corrected chi connectivity index (χ2v) is 6.97. The number of aryl methyl sites for hydroxylation is 2. The number of benzene rings is 2. The predicted molar refractivity (Wildman–Crippen MR) is 101 cm³/mol. The molecule has 0 atom stereocenters. The second-order valence-electron chi connectivity index (χ2n) is 6.15. The van der Waals surface area contributed by atoms with Gasteiger partial charge in [-0.15, -0.1) is 0 Å². The Hall–Kier alpha value is -1.97. The third-order valence-electron chi connectivity index (χ3n) is 4.43. The highest BCUT2D eigenvalue weighted by atomic mass is 35.5. The topological polar surface area (TPSA) is 29.9 Å². The van der Waals surface area contributed by atoms with E-state index < -0.39 is 0 Å². The summed E-state index contributed by atoms with van der Waals surface area (Å²) in [5.74, 6) is 1.04. The van der Waals surface area contributed by atoms with Crippen molar-refractivity contribution in [2.75, 3.05) is 11.9 Å². The van der Waals surface area contributed by atoms with Gasteiger partial charge in [0.1, 0.15) is 11.5 Å². The highest BCUT2D eigenvalue weighted by Crippen LogP contribution is 2.41. The molecular weight excluding hydrogens is 341 g/mol. The van der Waals surface area contributed by atoms with Crippen LogP contribution in [-0.4, -0.2) is 16.3 Å². The van der Waals surface area contributed by atoms with Crippen LogP contribution in [0.3, 0.4) is 0 Å². The van der Waals surface area contributed by atoms with Crippen LogP contribution < -0.4 is 5.32 Å². The highest BCUT2D eigenvalue weighted by Gasteiger charge is 2.26. The molecule has 0 saturated heterocycles. The van der Waals surface area contributed by atoms with Crippen molar-refractivity contribution in [1.82, 2.24) is 9.78 Å². The molecule has 3 aromatic rings. The predicted octanol–water partition coefficient (Wildman–Crippen LogP) is 5.43. The summed E-state index contributed by atoms with van der Waals surface area (Å²) in [6.45, 7) is 5.10. The summed E-state index contributed by atoms with van der Waals surface area (Å²) < 4.78 is 1.98. The molecule has 0 aliphatic carbocycles. The van der Waals surface area contributed by atoms with Gasteiger partial charge in [0, 0.05) is 17.7 Å². The molecule has 1 aromatic heterocycles. The van der Waals surface area contributed by atoms with E-state index in [-0.39, 0.29) is 0 Å². The molecular formula is C19H17Cl2N3. The Morgan fingerprint density at radius 1 is 1.08 bits per heavy atom. The monoisotopic (exact) mass is 357 g/mol. The Labute approximate surface area is 151 Å². The van der Waals surface area contributed by atoms with Crippen molar-refractivity contribution < 1.29 is 0 Å². The number of halogens is 2. The summed E-state index contributed by atoms with van der Waals surface area (Å²) in [6.07, 6.45) is 0.914. The van der Waals surface area contributed by atoms with Gasteiger partial charge in [0.15, 0.2) is 0 Å². The lowest BCUT2D eigenvalue weighted by atomic mass is 10.1. The van der Waals surface area contributed by atoms with Crippen LogP contribution in [0.2, 0.25) is 10.0 Å². The molecule has 0 bridgehead atoms. The molecule has 0 amide bonds. The minimum atomic E-state index is 0.627. The molecule has 0 saturated carbocycles. The van der Waals surface area contributed by atoms with Gasteiger partial charge < -0.3 is 5.32 Å². The van der Waals surface area contributed by atoms with E-state index in [9.17, 15) is 0 Å². The summed E-state index contributed by atoms with van der Waals surface area (Å²) in [7, 11) is 0. The minimum absolute atomic E-state index is 0.627. The standard InChI is InChI=1S/C19H17Cl2N3/c1-11-6-7-16(12(2)10-11)24-19-13(8-9-22-19)18(23-24)17-14(20)4-3-5-15(17)21/h3-7,10,22H,8-9H2,1-2H3. The summed E-state index contributed by atoms with van der Waals surface area (Å²) in [5.41, 5.74) is 6.34. The number of rotatable bonds is 2. The van der Waals surface area contributed by atoms with Gasteiger partial charge in [-0.3, -0.25) is 0 Å². The van der Waals surface area contributed by atoms with E-state index in [1.807, 2.05) is 22.9 Å². The Balaban J connectivity index is 1.96. The van der Waals surface area contributed by atoms with Crippen molar-refractivity contribution in [2.24, 2.45) is 0 Å². The average Bonchev–Trinajstić information content (AvgIpc) is 3.11. The van der Waals surface area contributed by atoms with E-state index >= 15 is 0 Å². The number of anilines is 1. The van der Waals surface area contributed by atoms with Gasteiger partial charge in [-0.25, -0.2) is 4.68 Å². The largest absolute Gasteiger partial charge is 0.369 e. The first-order chi connectivity index (χ1) is 11.6. The Kier molecular flexibility index (Phi) is 3.78. The molecule has 0 radical (unpaired) electrons. The molecule has 2 heterocycles. The van der Waals surface area contributed by atoms with Crippen molar-refractivity contribution in [3.63, 3.8) is 0 Å². The molecule has 122 valence electrons. The zero-order valence-electron chi connectivity index (χ0n) is 13.5. The van der Waals surface area contributed by atoms with E-state index in [2.05, 4.69) is 37.4 Å². The number of aromatic nitrogens is 2. The highest BCUT2D eigenvalue weighted by molar-refractivity contribution is 6.39. The van der Waals surface area contributed by atoms with Crippen molar-refractivity contribution in [3.8, 4) is 16.9 Å². The molecule has 24 heavy (non-hydrogen) atoms. The third-order valence-corrected chi connectivity index (χ3v) is 5.06. The number of nitrogens with one attached hydrogen (secondary N) is 1. The molecule has 1 aliphatic heterocycles. The molecule has 1 aliphatic rings. The first kappa shape index (κ1) is 15.6. The lowest BCUT2D eigenvalue weighted by Gasteiger charge is -2.10. The van der Waals surface area contributed by atoms with Crippen molar-refractivity contribution >= 4 is 29.0 Å². The average molecular weight is 358 g/mol. The summed E-state index contributed by atoms with van der Waals surface area (Å²) in [6, 6.07) is 11.9. The van der Waals surface area contributed by atoms with E-state index in [0.29, 0.717) is 10.0 Å². The lowest BCUT2D eigenvalue weighted by Crippen LogP contribution is -2.06. The van der Waals surface area contributed by atoms with Crippen LogP contribution in [0.15, 0.2) is 36.4 Å². The maximum Gasteiger partial charge on any atom is 0.133 e. The van der Waals surface area contributed by atoms with Crippen molar-refractivity contribution in [1.29, 1.82) is 0 Å². The Morgan fingerprint density at radius 2 is 1.83 bits per heavy atom. The maximum atomic E-state index is 6.42. The number of hydrogen-bond acceptors (Lipinski definition) is 2. The van der Waals surface area contributed by atoms with Crippen LogP contribution in [0.25, 0.3) is 16.9 Å². The fourth-order valence-electron chi connectivity index (χ4n) is 3.32. The normalized spacial score (nSPS) is 13.0. The van der Waals surface area contributed by atoms with Crippen LogP contribution in [0.1, 0.15) is 16.7 Å². The van der Waals surface area contributed by atoms with Gasteiger partial charge in [0.05, 0.1) is 15.7 Å². The number of fused-ring (bicyclic) bond motifs is 1. The number of nitrogens with zero attached hydrogens (tertiary/aromatic N) is 2. The molecule has 0 fully saturated rings. The van der Waals surface area contributed by atoms with Gasteiger partial charge in [-0.05, 0) is 44.0 Å². The first-order valence-electron chi connectivity index (χ1n) is 7.94. The summed E-state index contributed by atoms with van der Waals surface area (Å²) in [4.78, 5) is 0. The first-order valence-corrected chi connectivity index (χ1v) is 8.69. The maximum absolute atomic E-state index is 6.42. The minimum Gasteiger partial charge on any atom is -0.369 e. The molecule has 4 rings (SSSR count). The fraction of sp³-hybridized carbons (Fsp3) is 0.211. The van der Waals surface area contributed by atoms with Gasteiger partial charge in [0.25, 0.3) is 0 Å². The number of hydrogen-bond donors (Lipinski definition) is 1. The van der Waals surface area contributed by atoms with Crippen molar-refractivity contribution in [2.45, 2.75) is 20.3 Å². The van der Waals surface area contributed by atoms with E-state index in [0.717, 1.165) is 35.7 Å². The third kappa shape index (κ3) is 2.40. The van der Waals surface area contributed by atoms with E-state index in [4.69, 9.17) is 28.3 Å². The zero-order valence-corrected chi connectivity index (χ0v) is 15.0. The molecule has 1 N–H and O–H groups in total. The molecule has 0 spiro atoms. The second kappa shape index (κ2) is 5.83.